The van der Waals surface area contributed by atoms with Gasteiger partial charge in [-0.1, -0.05) is 12.1 Å². The number of nitro groups is 1. The van der Waals surface area contributed by atoms with Gasteiger partial charge in [-0.15, -0.1) is 0 Å². The molecule has 0 atom stereocenters. The molecule has 1 fully saturated rings. The third kappa shape index (κ3) is 3.59. The van der Waals surface area contributed by atoms with Crippen molar-refractivity contribution in [2.75, 3.05) is 7.11 Å². The number of ether oxygens (including phenoxy) is 1. The average molecular weight is 411 g/mol. The van der Waals surface area contributed by atoms with Gasteiger partial charge >= 0.3 is 5.69 Å². The Labute approximate surface area is 173 Å². The third-order valence-corrected chi connectivity index (χ3v) is 5.99. The number of aryl methyl sites for hydroxylation is 1. The third-order valence-electron chi connectivity index (χ3n) is 5.99. The molecular weight excluding hydrogens is 386 g/mol. The Balaban J connectivity index is 1.84. The van der Waals surface area contributed by atoms with Crippen LogP contribution in [0.25, 0.3) is 11.0 Å². The Bertz CT molecular complexity index is 1160. The minimum absolute atomic E-state index is 0.0243. The second-order valence-corrected chi connectivity index (χ2v) is 7.94. The summed E-state index contributed by atoms with van der Waals surface area (Å²) in [6.45, 7) is 2.25. The molecule has 0 unspecified atom stereocenters. The van der Waals surface area contributed by atoms with Crippen LogP contribution in [-0.2, 0) is 6.54 Å². The first-order chi connectivity index (χ1) is 14.4. The molecule has 30 heavy (non-hydrogen) atoms. The number of nitrogens with zero attached hydrogens (tertiary/aromatic N) is 3. The quantitative estimate of drug-likeness (QED) is 0.511. The summed E-state index contributed by atoms with van der Waals surface area (Å²) in [7, 11) is 1.61. The van der Waals surface area contributed by atoms with Crippen LogP contribution in [0.4, 0.5) is 5.69 Å². The number of non-ortho nitro benzene ring substituents is 1. The Kier molecular flexibility index (Phi) is 5.34. The Morgan fingerprint density at radius 3 is 2.50 bits per heavy atom. The van der Waals surface area contributed by atoms with Crippen molar-refractivity contribution in [2.24, 2.45) is 0 Å². The van der Waals surface area contributed by atoms with Gasteiger partial charge in [0.25, 0.3) is 5.69 Å². The van der Waals surface area contributed by atoms with E-state index in [0.717, 1.165) is 16.9 Å². The first-order valence-corrected chi connectivity index (χ1v) is 10.1. The fourth-order valence-electron chi connectivity index (χ4n) is 4.42. The molecule has 0 amide bonds. The Morgan fingerprint density at radius 2 is 1.87 bits per heavy atom. The molecule has 8 heteroatoms. The van der Waals surface area contributed by atoms with Crippen LogP contribution in [0.5, 0.6) is 5.75 Å². The number of hydrogen-bond donors (Lipinski definition) is 1. The number of fused-ring (bicyclic) bond motifs is 1. The van der Waals surface area contributed by atoms with Crippen molar-refractivity contribution in [2.45, 2.75) is 51.3 Å². The number of hydrogen-bond acceptors (Lipinski definition) is 5. The summed E-state index contributed by atoms with van der Waals surface area (Å²) in [4.78, 5) is 24.3. The fourth-order valence-corrected chi connectivity index (χ4v) is 4.42. The summed E-state index contributed by atoms with van der Waals surface area (Å²) in [6.07, 6.45) is 2.38. The number of imidazole rings is 1. The predicted octanol–water partition coefficient (Wildman–Crippen LogP) is 3.55. The summed E-state index contributed by atoms with van der Waals surface area (Å²) in [5.74, 6) is 0.768. The van der Waals surface area contributed by atoms with Gasteiger partial charge in [0, 0.05) is 18.2 Å². The average Bonchev–Trinajstić information content (AvgIpc) is 3.00. The molecule has 1 aliphatic rings. The summed E-state index contributed by atoms with van der Waals surface area (Å²) in [5, 5.41) is 21.2. The SMILES string of the molecule is COc1ccc(Cn2c(=O)n(C3CCC(O)CC3)c3ccc([N+](=O)[O-])cc32)cc1C. The standard InChI is InChI=1S/C22H25N3O5/c1-14-11-15(3-10-21(14)30-2)13-23-20-12-17(25(28)29)6-9-19(20)24(22(23)27)16-4-7-18(26)8-5-16/h3,6,9-12,16,18,26H,4-5,7-8,13H2,1-2H3. The van der Waals surface area contributed by atoms with E-state index in [-0.39, 0.29) is 23.5 Å². The molecule has 0 saturated heterocycles. The maximum absolute atomic E-state index is 13.4. The summed E-state index contributed by atoms with van der Waals surface area (Å²) in [5.41, 5.74) is 2.89. The maximum atomic E-state index is 13.4. The van der Waals surface area contributed by atoms with E-state index in [9.17, 15) is 20.0 Å². The molecule has 1 aromatic heterocycles. The van der Waals surface area contributed by atoms with Crippen molar-refractivity contribution >= 4 is 16.7 Å². The molecule has 158 valence electrons. The highest BCUT2D eigenvalue weighted by Crippen LogP contribution is 2.31. The molecule has 0 radical (unpaired) electrons. The van der Waals surface area contributed by atoms with Crippen LogP contribution >= 0.6 is 0 Å². The maximum Gasteiger partial charge on any atom is 0.329 e. The Morgan fingerprint density at radius 1 is 1.13 bits per heavy atom. The topological polar surface area (TPSA) is 99.5 Å². The molecule has 8 nitrogen and oxygen atoms in total. The zero-order valence-corrected chi connectivity index (χ0v) is 17.1. The van der Waals surface area contributed by atoms with E-state index in [2.05, 4.69) is 0 Å². The first kappa shape index (κ1) is 20.2. The number of nitro benzene ring substituents is 1. The van der Waals surface area contributed by atoms with Crippen LogP contribution in [0, 0.1) is 17.0 Å². The highest BCUT2D eigenvalue weighted by Gasteiger charge is 2.26. The molecule has 2 aromatic carbocycles. The molecule has 1 N–H and O–H groups in total. The van der Waals surface area contributed by atoms with Gasteiger partial charge in [-0.05, 0) is 55.9 Å². The van der Waals surface area contributed by atoms with Gasteiger partial charge in [0.15, 0.2) is 0 Å². The summed E-state index contributed by atoms with van der Waals surface area (Å²) in [6, 6.07) is 10.3. The molecule has 1 heterocycles. The van der Waals surface area contributed by atoms with Crippen molar-refractivity contribution in [3.63, 3.8) is 0 Å². The van der Waals surface area contributed by atoms with Gasteiger partial charge in [-0.2, -0.15) is 0 Å². The van der Waals surface area contributed by atoms with E-state index >= 15 is 0 Å². The Hall–Kier alpha value is -3.13. The van der Waals surface area contributed by atoms with Crippen LogP contribution < -0.4 is 10.4 Å². The second kappa shape index (κ2) is 7.95. The van der Waals surface area contributed by atoms with Crippen LogP contribution in [0.1, 0.15) is 42.9 Å². The lowest BCUT2D eigenvalue weighted by molar-refractivity contribution is -0.384. The number of aliphatic hydroxyl groups is 1. The number of rotatable bonds is 5. The lowest BCUT2D eigenvalue weighted by Gasteiger charge is -2.26. The summed E-state index contributed by atoms with van der Waals surface area (Å²) < 4.78 is 8.67. The monoisotopic (exact) mass is 411 g/mol. The van der Waals surface area contributed by atoms with E-state index in [1.165, 1.54) is 12.1 Å². The molecular formula is C22H25N3O5. The van der Waals surface area contributed by atoms with E-state index in [1.807, 2.05) is 25.1 Å². The van der Waals surface area contributed by atoms with E-state index in [4.69, 9.17) is 4.74 Å². The lowest BCUT2D eigenvalue weighted by atomic mass is 9.93. The number of benzene rings is 2. The van der Waals surface area contributed by atoms with Gasteiger partial charge in [-0.25, -0.2) is 4.79 Å². The first-order valence-electron chi connectivity index (χ1n) is 10.1. The highest BCUT2D eigenvalue weighted by atomic mass is 16.6. The number of aromatic nitrogens is 2. The number of methoxy groups -OCH3 is 1. The zero-order chi connectivity index (χ0) is 21.4. The van der Waals surface area contributed by atoms with Crippen LogP contribution in [0.3, 0.4) is 0 Å². The second-order valence-electron chi connectivity index (χ2n) is 7.94. The van der Waals surface area contributed by atoms with E-state index in [1.54, 1.807) is 22.3 Å². The lowest BCUT2D eigenvalue weighted by Crippen LogP contribution is -2.31. The van der Waals surface area contributed by atoms with Crippen molar-refractivity contribution in [1.29, 1.82) is 0 Å². The van der Waals surface area contributed by atoms with Crippen LogP contribution in [0.2, 0.25) is 0 Å². The van der Waals surface area contributed by atoms with Gasteiger partial charge in [-0.3, -0.25) is 19.2 Å². The molecule has 0 aliphatic heterocycles. The summed E-state index contributed by atoms with van der Waals surface area (Å²) >= 11 is 0. The fraction of sp³-hybridized carbons (Fsp3) is 0.409. The van der Waals surface area contributed by atoms with Crippen LogP contribution in [-0.4, -0.2) is 32.4 Å². The molecule has 0 spiro atoms. The predicted molar refractivity (Wildman–Crippen MR) is 113 cm³/mol. The molecule has 0 bridgehead atoms. The largest absolute Gasteiger partial charge is 0.496 e. The molecule has 1 saturated carbocycles. The minimum Gasteiger partial charge on any atom is -0.496 e. The normalized spacial score (nSPS) is 19.2. The number of aliphatic hydroxyl groups excluding tert-OH is 1. The highest BCUT2D eigenvalue weighted by molar-refractivity contribution is 5.79. The van der Waals surface area contributed by atoms with Crippen molar-refractivity contribution in [3.05, 3.63) is 68.1 Å². The van der Waals surface area contributed by atoms with Gasteiger partial charge in [0.2, 0.25) is 0 Å². The van der Waals surface area contributed by atoms with Gasteiger partial charge in [0.1, 0.15) is 5.75 Å². The van der Waals surface area contributed by atoms with Gasteiger partial charge in [0.05, 0.1) is 35.7 Å². The molecule has 1 aliphatic carbocycles. The molecule has 3 aromatic rings. The van der Waals surface area contributed by atoms with Crippen molar-refractivity contribution in [3.8, 4) is 5.75 Å². The van der Waals surface area contributed by atoms with Crippen molar-refractivity contribution in [1.82, 2.24) is 9.13 Å². The smallest absolute Gasteiger partial charge is 0.329 e. The molecule has 4 rings (SSSR count). The zero-order valence-electron chi connectivity index (χ0n) is 17.1. The minimum atomic E-state index is -0.444. The van der Waals surface area contributed by atoms with E-state index in [0.29, 0.717) is 43.3 Å². The van der Waals surface area contributed by atoms with E-state index < -0.39 is 4.92 Å². The van der Waals surface area contributed by atoms with Gasteiger partial charge < -0.3 is 9.84 Å². The van der Waals surface area contributed by atoms with Crippen molar-refractivity contribution < 1.29 is 14.8 Å². The van der Waals surface area contributed by atoms with Crippen LogP contribution in [0.15, 0.2) is 41.2 Å².